The first kappa shape index (κ1) is 32.8. The van der Waals surface area contributed by atoms with Gasteiger partial charge in [-0.3, -0.25) is 24.0 Å². The van der Waals surface area contributed by atoms with Gasteiger partial charge in [-0.25, -0.2) is 4.79 Å². The summed E-state index contributed by atoms with van der Waals surface area (Å²) in [4.78, 5) is 75.9. The molecule has 0 radical (unpaired) electrons. The summed E-state index contributed by atoms with van der Waals surface area (Å²) < 4.78 is 0. The van der Waals surface area contributed by atoms with Gasteiger partial charge in [0.2, 0.25) is 17.7 Å². The predicted molar refractivity (Wildman–Crippen MR) is 147 cm³/mol. The third-order valence-electron chi connectivity index (χ3n) is 6.34. The van der Waals surface area contributed by atoms with E-state index in [1.54, 1.807) is 26.1 Å². The maximum Gasteiger partial charge on any atom is 0.326 e. The fourth-order valence-corrected chi connectivity index (χ4v) is 4.19. The van der Waals surface area contributed by atoms with Crippen LogP contribution in [0.4, 0.5) is 0 Å². The van der Waals surface area contributed by atoms with Gasteiger partial charge in [-0.15, -0.1) is 0 Å². The number of hydrogen-bond donors (Lipinski definition) is 8. The number of carboxylic acids is 3. The first-order valence-corrected chi connectivity index (χ1v) is 13.2. The summed E-state index contributed by atoms with van der Waals surface area (Å²) in [5, 5.41) is 35.8. The number of aliphatic carboxylic acids is 3. The van der Waals surface area contributed by atoms with Gasteiger partial charge in [0.15, 0.2) is 0 Å². The predicted octanol–water partition coefficient (Wildman–Crippen LogP) is 0.352. The van der Waals surface area contributed by atoms with E-state index in [2.05, 4.69) is 20.9 Å². The molecule has 41 heavy (non-hydrogen) atoms. The van der Waals surface area contributed by atoms with Gasteiger partial charge in [-0.2, -0.15) is 0 Å². The average molecular weight is 576 g/mol. The number of amides is 3. The molecule has 0 aliphatic heterocycles. The van der Waals surface area contributed by atoms with Crippen molar-refractivity contribution in [3.8, 4) is 0 Å². The lowest BCUT2D eigenvalue weighted by atomic mass is 10.0. The second-order valence-electron chi connectivity index (χ2n) is 10.2. The Morgan fingerprint density at radius 3 is 1.98 bits per heavy atom. The standard InChI is InChI=1S/C27H37N5O9/c1-14(2)11-20(26(39)32-21(27(40)41)12-15-13-29-18-6-4-3-5-16(15)18)31-25(38)19(8-10-23(35)36)30-24(37)17(28)7-9-22(33)34/h3-6,13-14,17,19-21,29H,7-12,28H2,1-2H3,(H,30,37)(H,31,38)(H,32,39)(H,33,34)(H,35,36)(H,40,41). The first-order valence-electron chi connectivity index (χ1n) is 13.2. The normalized spacial score (nSPS) is 14.0. The van der Waals surface area contributed by atoms with Crippen LogP contribution in [0.15, 0.2) is 30.5 Å². The molecule has 14 nitrogen and oxygen atoms in total. The zero-order chi connectivity index (χ0) is 30.7. The molecule has 4 unspecified atom stereocenters. The molecule has 0 spiro atoms. The number of nitrogens with one attached hydrogen (secondary N) is 4. The third-order valence-corrected chi connectivity index (χ3v) is 6.34. The molecule has 1 aromatic heterocycles. The van der Waals surface area contributed by atoms with Crippen molar-refractivity contribution in [3.05, 3.63) is 36.0 Å². The SMILES string of the molecule is CC(C)CC(NC(=O)C(CCC(=O)O)NC(=O)C(N)CCC(=O)O)C(=O)NC(Cc1c[nH]c2ccccc12)C(=O)O. The van der Waals surface area contributed by atoms with Crippen LogP contribution in [0.25, 0.3) is 10.9 Å². The molecule has 9 N–H and O–H groups in total. The molecular weight excluding hydrogens is 538 g/mol. The minimum absolute atomic E-state index is 0.0288. The number of carboxylic acid groups (broad SMARTS) is 3. The number of nitrogens with two attached hydrogens (primary N) is 1. The van der Waals surface area contributed by atoms with E-state index in [0.29, 0.717) is 5.56 Å². The van der Waals surface area contributed by atoms with E-state index in [1.165, 1.54) is 0 Å². The molecule has 0 fully saturated rings. The molecule has 0 saturated carbocycles. The van der Waals surface area contributed by atoms with Crippen LogP contribution in [0, 0.1) is 5.92 Å². The van der Waals surface area contributed by atoms with E-state index in [4.69, 9.17) is 15.9 Å². The maximum absolute atomic E-state index is 13.2. The summed E-state index contributed by atoms with van der Waals surface area (Å²) in [7, 11) is 0. The monoisotopic (exact) mass is 575 g/mol. The van der Waals surface area contributed by atoms with Crippen LogP contribution in [0.5, 0.6) is 0 Å². The van der Waals surface area contributed by atoms with Gasteiger partial charge < -0.3 is 42.0 Å². The fraction of sp³-hybridized carbons (Fsp3) is 0.481. The van der Waals surface area contributed by atoms with Crippen LogP contribution in [0.3, 0.4) is 0 Å². The van der Waals surface area contributed by atoms with Crippen molar-refractivity contribution in [2.45, 2.75) is 76.5 Å². The molecule has 4 atom stereocenters. The summed E-state index contributed by atoms with van der Waals surface area (Å²) in [5.41, 5.74) is 7.19. The highest BCUT2D eigenvalue weighted by Gasteiger charge is 2.31. The van der Waals surface area contributed by atoms with Crippen molar-refractivity contribution in [2.24, 2.45) is 11.7 Å². The lowest BCUT2D eigenvalue weighted by molar-refractivity contribution is -0.142. The van der Waals surface area contributed by atoms with Crippen LogP contribution < -0.4 is 21.7 Å². The molecule has 3 amide bonds. The number of H-pyrrole nitrogens is 1. The highest BCUT2D eigenvalue weighted by molar-refractivity contribution is 5.94. The highest BCUT2D eigenvalue weighted by atomic mass is 16.4. The lowest BCUT2D eigenvalue weighted by Crippen LogP contribution is -2.57. The Hall–Kier alpha value is -4.46. The summed E-state index contributed by atoms with van der Waals surface area (Å²) in [6.07, 6.45) is 0.341. The smallest absolute Gasteiger partial charge is 0.326 e. The molecule has 0 saturated heterocycles. The topological polar surface area (TPSA) is 241 Å². The Labute approximate surface area is 236 Å². The Bertz CT molecular complexity index is 1260. The van der Waals surface area contributed by atoms with Crippen LogP contribution in [-0.2, 0) is 35.2 Å². The average Bonchev–Trinajstić information content (AvgIpc) is 3.30. The summed E-state index contributed by atoms with van der Waals surface area (Å²) in [6.45, 7) is 3.58. The Morgan fingerprint density at radius 1 is 0.805 bits per heavy atom. The Balaban J connectivity index is 2.18. The largest absolute Gasteiger partial charge is 0.481 e. The van der Waals surface area contributed by atoms with E-state index in [-0.39, 0.29) is 38.0 Å². The Kier molecular flexibility index (Phi) is 12.3. The second kappa shape index (κ2) is 15.4. The number of benzene rings is 1. The van der Waals surface area contributed by atoms with E-state index in [0.717, 1.165) is 10.9 Å². The molecule has 2 rings (SSSR count). The van der Waals surface area contributed by atoms with E-state index in [1.807, 2.05) is 18.2 Å². The van der Waals surface area contributed by atoms with Gasteiger partial charge in [-0.05, 0) is 36.8 Å². The molecule has 14 heteroatoms. The summed E-state index contributed by atoms with van der Waals surface area (Å²) >= 11 is 0. The summed E-state index contributed by atoms with van der Waals surface area (Å²) in [6, 6.07) is 2.12. The van der Waals surface area contributed by atoms with Crippen molar-refractivity contribution in [1.29, 1.82) is 0 Å². The third kappa shape index (κ3) is 10.6. The fourth-order valence-electron chi connectivity index (χ4n) is 4.19. The van der Waals surface area contributed by atoms with Gasteiger partial charge in [-0.1, -0.05) is 32.0 Å². The van der Waals surface area contributed by atoms with Crippen molar-refractivity contribution in [1.82, 2.24) is 20.9 Å². The van der Waals surface area contributed by atoms with Gasteiger partial charge >= 0.3 is 17.9 Å². The van der Waals surface area contributed by atoms with Crippen molar-refractivity contribution in [2.75, 3.05) is 0 Å². The number of rotatable bonds is 17. The summed E-state index contributed by atoms with van der Waals surface area (Å²) in [5.74, 6) is -6.27. The van der Waals surface area contributed by atoms with Crippen molar-refractivity contribution < 1.29 is 44.1 Å². The van der Waals surface area contributed by atoms with E-state index in [9.17, 15) is 33.9 Å². The molecule has 1 heterocycles. The van der Waals surface area contributed by atoms with Crippen LogP contribution >= 0.6 is 0 Å². The quantitative estimate of drug-likeness (QED) is 0.129. The highest BCUT2D eigenvalue weighted by Crippen LogP contribution is 2.19. The maximum atomic E-state index is 13.2. The number of aromatic amines is 1. The van der Waals surface area contributed by atoms with E-state index >= 15 is 0 Å². The molecular formula is C27H37N5O9. The molecule has 0 aliphatic rings. The number of para-hydroxylation sites is 1. The van der Waals surface area contributed by atoms with Crippen molar-refractivity contribution >= 4 is 46.5 Å². The zero-order valence-electron chi connectivity index (χ0n) is 22.9. The molecule has 0 bridgehead atoms. The second-order valence-corrected chi connectivity index (χ2v) is 10.2. The molecule has 224 valence electrons. The molecule has 2 aromatic rings. The van der Waals surface area contributed by atoms with E-state index < -0.39 is 66.2 Å². The number of carbonyl (C=O) groups is 6. The van der Waals surface area contributed by atoms with Crippen LogP contribution in [0.1, 0.15) is 51.5 Å². The lowest BCUT2D eigenvalue weighted by Gasteiger charge is -2.26. The van der Waals surface area contributed by atoms with Crippen LogP contribution in [-0.4, -0.2) is 80.1 Å². The minimum Gasteiger partial charge on any atom is -0.481 e. The molecule has 1 aromatic carbocycles. The van der Waals surface area contributed by atoms with Gasteiger partial charge in [0.1, 0.15) is 18.1 Å². The number of hydrogen-bond acceptors (Lipinski definition) is 7. The van der Waals surface area contributed by atoms with Gasteiger partial charge in [0, 0.05) is 36.4 Å². The van der Waals surface area contributed by atoms with Crippen LogP contribution in [0.2, 0.25) is 0 Å². The van der Waals surface area contributed by atoms with Gasteiger partial charge in [0.05, 0.1) is 6.04 Å². The Morgan fingerprint density at radius 2 is 1.37 bits per heavy atom. The van der Waals surface area contributed by atoms with Crippen molar-refractivity contribution in [3.63, 3.8) is 0 Å². The minimum atomic E-state index is -1.39. The zero-order valence-corrected chi connectivity index (χ0v) is 22.9. The number of fused-ring (bicyclic) bond motifs is 1. The first-order chi connectivity index (χ1) is 19.3. The molecule has 0 aliphatic carbocycles. The number of carbonyl (C=O) groups excluding carboxylic acids is 3. The van der Waals surface area contributed by atoms with Gasteiger partial charge in [0.25, 0.3) is 0 Å². The number of aromatic nitrogens is 1.